The Labute approximate surface area is 197 Å². The maximum atomic E-state index is 12.9. The lowest BCUT2D eigenvalue weighted by Gasteiger charge is -2.69. The van der Waals surface area contributed by atoms with E-state index in [2.05, 4.69) is 55.0 Å². The second kappa shape index (κ2) is 6.96. The number of ether oxygens (including phenoxy) is 1. The zero-order valence-electron chi connectivity index (χ0n) is 22.0. The van der Waals surface area contributed by atoms with Crippen molar-refractivity contribution in [1.29, 1.82) is 0 Å². The van der Waals surface area contributed by atoms with E-state index in [1.807, 2.05) is 0 Å². The Morgan fingerprint density at radius 1 is 0.906 bits per heavy atom. The van der Waals surface area contributed by atoms with Crippen molar-refractivity contribution in [2.24, 2.45) is 45.3 Å². The minimum absolute atomic E-state index is 0.0965. The van der Waals surface area contributed by atoms with Crippen LogP contribution >= 0.6 is 0 Å². The number of rotatable bonds is 4. The van der Waals surface area contributed by atoms with Crippen LogP contribution in [0.25, 0.3) is 0 Å². The molecule has 2 nitrogen and oxygen atoms in total. The van der Waals surface area contributed by atoms with Crippen molar-refractivity contribution in [3.8, 4) is 0 Å². The summed E-state index contributed by atoms with van der Waals surface area (Å²) in [5.74, 6) is 3.33. The van der Waals surface area contributed by atoms with Gasteiger partial charge in [0.05, 0.1) is 11.7 Å². The molecule has 2 heteroatoms. The topological polar surface area (TPSA) is 29.6 Å². The fourth-order valence-electron chi connectivity index (χ4n) is 10.3. The van der Waals surface area contributed by atoms with Crippen LogP contribution < -0.4 is 0 Å². The van der Waals surface area contributed by atoms with Crippen molar-refractivity contribution in [3.63, 3.8) is 0 Å². The highest BCUT2D eigenvalue weighted by Gasteiger charge is 2.68. The summed E-state index contributed by atoms with van der Waals surface area (Å²) >= 11 is 0. The third kappa shape index (κ3) is 2.96. The summed E-state index contributed by atoms with van der Waals surface area (Å²) < 4.78 is 5.85. The number of Topliss-reactive ketones (excluding diaryl/α,β-unsaturated/α-hetero) is 1. The SMILES string of the molecule is C=C(CC[C@@H]1OC1(C)C)[C@H]1CC[C@@]2(C)[C@H]1CC[C@H]1[C@@]3(C)CCC(=O)C(C)(C)[C@@H]3CC[C@@]12C. The molecule has 0 aromatic rings. The zero-order valence-corrected chi connectivity index (χ0v) is 22.0. The van der Waals surface area contributed by atoms with E-state index in [-0.39, 0.29) is 11.0 Å². The molecule has 0 radical (unpaired) electrons. The monoisotopic (exact) mass is 440 g/mol. The number of hydrogen-bond acceptors (Lipinski definition) is 2. The third-order valence-electron chi connectivity index (χ3n) is 12.6. The lowest BCUT2D eigenvalue weighted by atomic mass is 9.35. The summed E-state index contributed by atoms with van der Waals surface area (Å²) in [4.78, 5) is 12.9. The molecule has 8 atom stereocenters. The van der Waals surface area contributed by atoms with Crippen molar-refractivity contribution in [2.45, 2.75) is 124 Å². The van der Waals surface area contributed by atoms with Crippen LogP contribution in [0.2, 0.25) is 0 Å². The van der Waals surface area contributed by atoms with Crippen LogP contribution in [0.3, 0.4) is 0 Å². The minimum Gasteiger partial charge on any atom is -0.367 e. The molecule has 0 amide bonds. The highest BCUT2D eigenvalue weighted by atomic mass is 16.6. The first-order valence-electron chi connectivity index (χ1n) is 13.7. The first-order chi connectivity index (χ1) is 14.8. The maximum Gasteiger partial charge on any atom is 0.138 e. The molecule has 0 unspecified atom stereocenters. The van der Waals surface area contributed by atoms with Gasteiger partial charge < -0.3 is 4.74 Å². The first-order valence-corrected chi connectivity index (χ1v) is 13.7. The summed E-state index contributed by atoms with van der Waals surface area (Å²) in [5.41, 5.74) is 2.60. The Bertz CT molecular complexity index is 823. The van der Waals surface area contributed by atoms with Crippen LogP contribution in [0.5, 0.6) is 0 Å². The summed E-state index contributed by atoms with van der Waals surface area (Å²) in [7, 11) is 0. The van der Waals surface area contributed by atoms with E-state index >= 15 is 0 Å². The molecular formula is C30H48O2. The molecule has 5 fully saturated rings. The maximum absolute atomic E-state index is 12.9. The molecule has 180 valence electrons. The van der Waals surface area contributed by atoms with Gasteiger partial charge >= 0.3 is 0 Å². The standard InChI is InChI=1S/C30H48O2/c1-19(9-12-25-27(4,5)32-25)20-13-17-29(7)21(20)10-11-23-28(6)16-15-24(31)26(2,3)22(28)14-18-30(23,29)8/h20-23,25H,1,9-18H2,2-8H3/t20-,21+,22+,23+,25+,28+,29+,30+/m1/s1. The van der Waals surface area contributed by atoms with E-state index in [0.29, 0.717) is 40.0 Å². The molecule has 0 spiro atoms. The number of epoxide rings is 1. The molecule has 4 aliphatic carbocycles. The van der Waals surface area contributed by atoms with Gasteiger partial charge in [0.25, 0.3) is 0 Å². The van der Waals surface area contributed by atoms with Crippen LogP contribution in [0.4, 0.5) is 0 Å². The molecule has 0 aromatic heterocycles. The molecule has 5 aliphatic rings. The van der Waals surface area contributed by atoms with Gasteiger partial charge in [0, 0.05) is 11.8 Å². The molecule has 32 heavy (non-hydrogen) atoms. The Morgan fingerprint density at radius 2 is 1.56 bits per heavy atom. The van der Waals surface area contributed by atoms with Gasteiger partial charge in [0.1, 0.15) is 5.78 Å². The van der Waals surface area contributed by atoms with Gasteiger partial charge in [-0.25, -0.2) is 0 Å². The molecule has 0 bridgehead atoms. The van der Waals surface area contributed by atoms with E-state index in [4.69, 9.17) is 4.74 Å². The first kappa shape index (κ1) is 23.1. The van der Waals surface area contributed by atoms with Gasteiger partial charge in [-0.05, 0) is 112 Å². The highest BCUT2D eigenvalue weighted by Crippen LogP contribution is 2.75. The molecule has 0 aromatic carbocycles. The van der Waals surface area contributed by atoms with E-state index in [1.54, 1.807) is 0 Å². The predicted octanol–water partition coefficient (Wildman–Crippen LogP) is 7.75. The molecule has 1 saturated heterocycles. The highest BCUT2D eigenvalue weighted by molar-refractivity contribution is 5.85. The van der Waals surface area contributed by atoms with E-state index < -0.39 is 0 Å². The largest absolute Gasteiger partial charge is 0.367 e. The van der Waals surface area contributed by atoms with Gasteiger partial charge in [0.2, 0.25) is 0 Å². The Hall–Kier alpha value is -0.630. The minimum atomic E-state index is -0.142. The zero-order chi connectivity index (χ0) is 23.3. The summed E-state index contributed by atoms with van der Waals surface area (Å²) in [6.45, 7) is 21.5. The Balaban J connectivity index is 1.37. The summed E-state index contributed by atoms with van der Waals surface area (Å²) in [6, 6.07) is 0. The normalized spacial score (nSPS) is 50.8. The van der Waals surface area contributed by atoms with Gasteiger partial charge in [-0.2, -0.15) is 0 Å². The third-order valence-corrected chi connectivity index (χ3v) is 12.6. The van der Waals surface area contributed by atoms with Crippen molar-refractivity contribution in [1.82, 2.24) is 0 Å². The van der Waals surface area contributed by atoms with Crippen LogP contribution in [0.15, 0.2) is 12.2 Å². The van der Waals surface area contributed by atoms with Crippen molar-refractivity contribution in [2.75, 3.05) is 0 Å². The van der Waals surface area contributed by atoms with Gasteiger partial charge in [0.15, 0.2) is 0 Å². The number of allylic oxidation sites excluding steroid dienone is 1. The van der Waals surface area contributed by atoms with Gasteiger partial charge in [-0.3, -0.25) is 4.79 Å². The smallest absolute Gasteiger partial charge is 0.138 e. The van der Waals surface area contributed by atoms with Crippen LogP contribution in [-0.2, 0) is 9.53 Å². The van der Waals surface area contributed by atoms with E-state index in [9.17, 15) is 4.79 Å². The average molecular weight is 441 g/mol. The number of carbonyl (C=O) groups is 1. The van der Waals surface area contributed by atoms with E-state index in [1.165, 1.54) is 44.1 Å². The Morgan fingerprint density at radius 3 is 2.22 bits per heavy atom. The average Bonchev–Trinajstić information content (AvgIpc) is 3.15. The molecular weight excluding hydrogens is 392 g/mol. The van der Waals surface area contributed by atoms with Crippen LogP contribution in [-0.4, -0.2) is 17.5 Å². The predicted molar refractivity (Wildman–Crippen MR) is 131 cm³/mol. The van der Waals surface area contributed by atoms with Gasteiger partial charge in [-0.15, -0.1) is 0 Å². The van der Waals surface area contributed by atoms with Crippen molar-refractivity contribution in [3.05, 3.63) is 12.2 Å². The second-order valence-electron chi connectivity index (χ2n) is 14.4. The lowest BCUT2D eigenvalue weighted by Crippen LogP contribution is -2.63. The Kier molecular flexibility index (Phi) is 5.03. The molecule has 4 saturated carbocycles. The quantitative estimate of drug-likeness (QED) is 0.330. The molecule has 0 N–H and O–H groups in total. The fraction of sp³-hybridized carbons (Fsp3) is 0.900. The molecule has 1 heterocycles. The summed E-state index contributed by atoms with van der Waals surface area (Å²) in [5, 5.41) is 0. The fourth-order valence-corrected chi connectivity index (χ4v) is 10.3. The second-order valence-corrected chi connectivity index (χ2v) is 14.4. The van der Waals surface area contributed by atoms with Crippen LogP contribution in [0, 0.1) is 45.3 Å². The van der Waals surface area contributed by atoms with Crippen molar-refractivity contribution >= 4 is 5.78 Å². The van der Waals surface area contributed by atoms with Crippen LogP contribution in [0.1, 0.15) is 113 Å². The molecule has 5 rings (SSSR count). The number of hydrogen-bond donors (Lipinski definition) is 0. The summed E-state index contributed by atoms with van der Waals surface area (Å²) in [6.07, 6.45) is 12.6. The number of fused-ring (bicyclic) bond motifs is 5. The van der Waals surface area contributed by atoms with E-state index in [0.717, 1.165) is 37.5 Å². The molecule has 1 aliphatic heterocycles. The van der Waals surface area contributed by atoms with Gasteiger partial charge in [-0.1, -0.05) is 46.8 Å². The van der Waals surface area contributed by atoms with Crippen molar-refractivity contribution < 1.29 is 9.53 Å². The lowest BCUT2D eigenvalue weighted by molar-refractivity contribution is -0.201. The number of ketones is 1. The number of carbonyl (C=O) groups excluding carboxylic acids is 1.